The number of aromatic nitrogens is 1. The van der Waals surface area contributed by atoms with Gasteiger partial charge in [-0.25, -0.2) is 4.79 Å². The zero-order chi connectivity index (χ0) is 27.0. The van der Waals surface area contributed by atoms with Gasteiger partial charge >= 0.3 is 6.09 Å². The number of nitrogens with one attached hydrogen (secondary N) is 2. The molecule has 1 aromatic carbocycles. The van der Waals surface area contributed by atoms with E-state index in [1.54, 1.807) is 4.90 Å². The van der Waals surface area contributed by atoms with E-state index in [4.69, 9.17) is 14.6 Å². The second-order valence-corrected chi connectivity index (χ2v) is 11.3. The molecule has 0 aliphatic carbocycles. The maximum Gasteiger partial charge on any atom is 0.410 e. The molecule has 2 aromatic rings. The van der Waals surface area contributed by atoms with E-state index in [0.717, 1.165) is 41.8 Å². The number of piperidine rings is 3. The van der Waals surface area contributed by atoms with Gasteiger partial charge in [-0.1, -0.05) is 6.92 Å². The Balaban J connectivity index is 0.00000121. The number of anilines is 1. The minimum atomic E-state index is -0.508. The highest BCUT2D eigenvalue weighted by molar-refractivity contribution is 7.13. The number of carbonyl (C=O) groups is 3. The van der Waals surface area contributed by atoms with Gasteiger partial charge in [0.15, 0.2) is 0 Å². The summed E-state index contributed by atoms with van der Waals surface area (Å²) >= 11 is 1.35. The van der Waals surface area contributed by atoms with Crippen molar-refractivity contribution >= 4 is 45.8 Å². The molecule has 1 atom stereocenters. The van der Waals surface area contributed by atoms with Crippen molar-refractivity contribution in [2.24, 2.45) is 5.92 Å². The van der Waals surface area contributed by atoms with Gasteiger partial charge in [-0.05, 0) is 88.8 Å². The molecule has 1 aromatic heterocycles. The van der Waals surface area contributed by atoms with Gasteiger partial charge in [0.05, 0.1) is 4.70 Å². The molecule has 3 aliphatic rings. The third kappa shape index (κ3) is 8.03. The number of nitrogens with zero attached hydrogens (tertiary/aromatic N) is 3. The standard InChI is InChI=1S/C25H37N5O3S.CH2O2.H2/c1-5-11-30(24(32)33-25(2,3)4)14-10-26-18-6-7-19-21(15-18)34-28-22(19)23(31)27-20-16-29-12-8-17(20)9-13-29;2-1-3;/h6-7,15,17,20,26H,5,8-14,16H2,1-4H3,(H,27,31);1H,(H,2,3);1H/t20-;;/m1../s1. The van der Waals surface area contributed by atoms with Crippen LogP contribution in [0, 0.1) is 5.92 Å². The zero-order valence-corrected chi connectivity index (χ0v) is 23.0. The lowest BCUT2D eigenvalue weighted by atomic mass is 9.84. The molecule has 4 heterocycles. The monoisotopic (exact) mass is 535 g/mol. The molecule has 0 saturated carbocycles. The Morgan fingerprint density at radius 2 is 2.00 bits per heavy atom. The minimum Gasteiger partial charge on any atom is -0.483 e. The van der Waals surface area contributed by atoms with Crippen LogP contribution in [0.25, 0.3) is 10.1 Å². The quantitative estimate of drug-likeness (QED) is 0.431. The molecule has 3 saturated heterocycles. The molecule has 11 heteroatoms. The van der Waals surface area contributed by atoms with E-state index in [0.29, 0.717) is 31.2 Å². The van der Waals surface area contributed by atoms with Crippen molar-refractivity contribution in [3.8, 4) is 0 Å². The number of rotatable bonds is 8. The first-order valence-corrected chi connectivity index (χ1v) is 13.6. The topological polar surface area (TPSA) is 124 Å². The van der Waals surface area contributed by atoms with Crippen molar-refractivity contribution < 1.29 is 25.7 Å². The highest BCUT2D eigenvalue weighted by atomic mass is 32.1. The maximum atomic E-state index is 13.0. The number of carboxylic acid groups (broad SMARTS) is 1. The van der Waals surface area contributed by atoms with E-state index in [1.165, 1.54) is 24.4 Å². The second kappa shape index (κ2) is 13.0. The third-order valence-corrected chi connectivity index (χ3v) is 7.32. The number of fused-ring (bicyclic) bond motifs is 4. The van der Waals surface area contributed by atoms with Gasteiger partial charge in [0.25, 0.3) is 12.4 Å². The first-order chi connectivity index (χ1) is 17.6. The molecule has 206 valence electrons. The van der Waals surface area contributed by atoms with Crippen molar-refractivity contribution in [1.29, 1.82) is 0 Å². The molecule has 3 fully saturated rings. The van der Waals surface area contributed by atoms with Crippen LogP contribution >= 0.6 is 11.5 Å². The summed E-state index contributed by atoms with van der Waals surface area (Å²) in [7, 11) is 0. The normalized spacial score (nSPS) is 20.5. The van der Waals surface area contributed by atoms with Crippen LogP contribution in [0.5, 0.6) is 0 Å². The molecule has 2 bridgehead atoms. The van der Waals surface area contributed by atoms with Crippen LogP contribution in [0.15, 0.2) is 18.2 Å². The maximum absolute atomic E-state index is 13.0. The summed E-state index contributed by atoms with van der Waals surface area (Å²) in [4.78, 5) is 38.0. The highest BCUT2D eigenvalue weighted by Crippen LogP contribution is 2.29. The Morgan fingerprint density at radius 1 is 1.30 bits per heavy atom. The number of carbonyl (C=O) groups excluding carboxylic acids is 2. The summed E-state index contributed by atoms with van der Waals surface area (Å²) in [6, 6.07) is 6.18. The Hall–Kier alpha value is -2.92. The Kier molecular flexibility index (Phi) is 10.1. The summed E-state index contributed by atoms with van der Waals surface area (Å²) in [6.45, 7) is 12.5. The molecule has 0 radical (unpaired) electrons. The first-order valence-electron chi connectivity index (χ1n) is 12.9. The Labute approximate surface area is 224 Å². The van der Waals surface area contributed by atoms with Crippen LogP contribution in [0.3, 0.4) is 0 Å². The summed E-state index contributed by atoms with van der Waals surface area (Å²) in [6.07, 6.45) is 2.92. The third-order valence-electron chi connectivity index (χ3n) is 6.52. The molecule has 3 N–H and O–H groups in total. The van der Waals surface area contributed by atoms with E-state index < -0.39 is 5.60 Å². The largest absolute Gasteiger partial charge is 0.483 e. The van der Waals surface area contributed by atoms with Gasteiger partial charge in [-0.15, -0.1) is 0 Å². The van der Waals surface area contributed by atoms with Gasteiger partial charge in [0.1, 0.15) is 11.3 Å². The van der Waals surface area contributed by atoms with Crippen molar-refractivity contribution in [2.45, 2.75) is 58.6 Å². The fraction of sp³-hybridized carbons (Fsp3) is 0.615. The SMILES string of the molecule is CCCN(CCNc1ccc2c(C(=O)N[C@@H]3CN4CCC3CC4)nsc2c1)C(=O)OC(C)(C)C.O=CO.[HH]. The van der Waals surface area contributed by atoms with Crippen molar-refractivity contribution in [2.75, 3.05) is 44.6 Å². The van der Waals surface area contributed by atoms with Crippen LogP contribution in [-0.2, 0) is 9.53 Å². The van der Waals surface area contributed by atoms with Crippen molar-refractivity contribution in [3.05, 3.63) is 23.9 Å². The van der Waals surface area contributed by atoms with Gasteiger partial charge in [-0.3, -0.25) is 9.59 Å². The zero-order valence-electron chi connectivity index (χ0n) is 22.2. The lowest BCUT2D eigenvalue weighted by molar-refractivity contribution is -0.122. The molecule has 37 heavy (non-hydrogen) atoms. The highest BCUT2D eigenvalue weighted by Gasteiger charge is 2.35. The van der Waals surface area contributed by atoms with Crippen LogP contribution in [-0.4, -0.2) is 88.7 Å². The number of amides is 2. The average molecular weight is 536 g/mol. The predicted molar refractivity (Wildman–Crippen MR) is 147 cm³/mol. The number of ether oxygens (including phenoxy) is 1. The van der Waals surface area contributed by atoms with Crippen LogP contribution in [0.4, 0.5) is 10.5 Å². The Bertz CT molecular complexity index is 1070. The van der Waals surface area contributed by atoms with Crippen LogP contribution in [0.1, 0.15) is 58.9 Å². The van der Waals surface area contributed by atoms with Crippen LogP contribution in [0.2, 0.25) is 0 Å². The van der Waals surface area contributed by atoms with Gasteiger partial charge < -0.3 is 30.3 Å². The molecule has 2 amide bonds. The summed E-state index contributed by atoms with van der Waals surface area (Å²) in [5.74, 6) is 0.515. The molecule has 10 nitrogen and oxygen atoms in total. The Morgan fingerprint density at radius 3 is 2.59 bits per heavy atom. The minimum absolute atomic E-state index is 0. The smallest absolute Gasteiger partial charge is 0.410 e. The van der Waals surface area contributed by atoms with Crippen LogP contribution < -0.4 is 10.6 Å². The fourth-order valence-electron chi connectivity index (χ4n) is 4.80. The van der Waals surface area contributed by atoms with Crippen molar-refractivity contribution in [1.82, 2.24) is 19.5 Å². The predicted octanol–water partition coefficient (Wildman–Crippen LogP) is 4.13. The molecule has 5 rings (SSSR count). The number of hydrogen-bond donors (Lipinski definition) is 3. The van der Waals surface area contributed by atoms with E-state index in [2.05, 4.69) is 19.9 Å². The van der Waals surface area contributed by atoms with Gasteiger partial charge in [0, 0.05) is 44.7 Å². The van der Waals surface area contributed by atoms with Gasteiger partial charge in [0.2, 0.25) is 0 Å². The molecule has 3 aliphatic heterocycles. The lowest BCUT2D eigenvalue weighted by Gasteiger charge is -2.44. The average Bonchev–Trinajstić information content (AvgIpc) is 3.27. The van der Waals surface area contributed by atoms with E-state index in [1.807, 2.05) is 45.9 Å². The van der Waals surface area contributed by atoms with Gasteiger partial charge in [-0.2, -0.15) is 4.37 Å². The molecular formula is C26H41N5O5S. The number of benzene rings is 1. The van der Waals surface area contributed by atoms with E-state index in [-0.39, 0.29) is 25.9 Å². The molecule has 0 unspecified atom stereocenters. The van der Waals surface area contributed by atoms with E-state index in [9.17, 15) is 9.59 Å². The second-order valence-electron chi connectivity index (χ2n) is 10.5. The number of hydrogen-bond acceptors (Lipinski definition) is 8. The molecule has 0 spiro atoms. The lowest BCUT2D eigenvalue weighted by Crippen LogP contribution is -2.57. The summed E-state index contributed by atoms with van der Waals surface area (Å²) < 4.78 is 11.0. The summed E-state index contributed by atoms with van der Waals surface area (Å²) in [5.41, 5.74) is 0.953. The van der Waals surface area contributed by atoms with Crippen molar-refractivity contribution in [3.63, 3.8) is 0 Å². The fourth-order valence-corrected chi connectivity index (χ4v) is 5.62. The van der Waals surface area contributed by atoms with E-state index >= 15 is 0 Å². The molecular weight excluding hydrogens is 494 g/mol. The summed E-state index contributed by atoms with van der Waals surface area (Å²) in [5, 5.41) is 14.4. The first kappa shape index (κ1) is 28.6.